The molecule has 0 saturated carbocycles. The Bertz CT molecular complexity index is 1290. The van der Waals surface area contributed by atoms with Crippen molar-refractivity contribution in [3.8, 4) is 11.4 Å². The summed E-state index contributed by atoms with van der Waals surface area (Å²) in [6, 6.07) is 20.6. The lowest BCUT2D eigenvalue weighted by atomic mass is 10.0. The molecule has 0 saturated heterocycles. The SMILES string of the molecule is C[C@H](NS(C)(=O)=O)[C@H](Oc1ccc2c(cnn2-c2ccc(F)cc2)c1)c1ccccc1. The first-order valence-corrected chi connectivity index (χ1v) is 11.6. The topological polar surface area (TPSA) is 73.2 Å². The van der Waals surface area contributed by atoms with Gasteiger partial charge in [-0.2, -0.15) is 5.10 Å². The third-order valence-corrected chi connectivity index (χ3v) is 5.66. The van der Waals surface area contributed by atoms with E-state index in [4.69, 9.17) is 4.74 Å². The predicted octanol–water partition coefficient (Wildman–Crippen LogP) is 4.22. The highest BCUT2D eigenvalue weighted by atomic mass is 32.2. The van der Waals surface area contributed by atoms with E-state index in [9.17, 15) is 12.8 Å². The first kappa shape index (κ1) is 21.0. The summed E-state index contributed by atoms with van der Waals surface area (Å²) in [6.07, 6.45) is 2.31. The molecule has 0 radical (unpaired) electrons. The Kier molecular flexibility index (Phi) is 5.75. The molecule has 0 aliphatic rings. The highest BCUT2D eigenvalue weighted by Crippen LogP contribution is 2.29. The Morgan fingerprint density at radius 3 is 2.42 bits per heavy atom. The molecule has 1 heterocycles. The predicted molar refractivity (Wildman–Crippen MR) is 118 cm³/mol. The van der Waals surface area contributed by atoms with Gasteiger partial charge in [-0.15, -0.1) is 0 Å². The summed E-state index contributed by atoms with van der Waals surface area (Å²) in [6.45, 7) is 1.77. The van der Waals surface area contributed by atoms with E-state index in [1.807, 2.05) is 48.5 Å². The van der Waals surface area contributed by atoms with Crippen molar-refractivity contribution in [1.82, 2.24) is 14.5 Å². The second-order valence-corrected chi connectivity index (χ2v) is 9.16. The van der Waals surface area contributed by atoms with Crippen molar-refractivity contribution in [3.63, 3.8) is 0 Å². The summed E-state index contributed by atoms with van der Waals surface area (Å²) >= 11 is 0. The first-order valence-electron chi connectivity index (χ1n) is 9.73. The van der Waals surface area contributed by atoms with Gasteiger partial charge >= 0.3 is 0 Å². The van der Waals surface area contributed by atoms with Gasteiger partial charge in [0.25, 0.3) is 0 Å². The van der Waals surface area contributed by atoms with Gasteiger partial charge in [-0.25, -0.2) is 22.2 Å². The second kappa shape index (κ2) is 8.49. The summed E-state index contributed by atoms with van der Waals surface area (Å²) in [7, 11) is -3.40. The highest BCUT2D eigenvalue weighted by molar-refractivity contribution is 7.88. The maximum Gasteiger partial charge on any atom is 0.209 e. The molecule has 1 aromatic heterocycles. The number of nitrogens with one attached hydrogen (secondary N) is 1. The van der Waals surface area contributed by atoms with Gasteiger partial charge in [-0.05, 0) is 55.0 Å². The molecule has 6 nitrogen and oxygen atoms in total. The van der Waals surface area contributed by atoms with Crippen LogP contribution in [0, 0.1) is 5.82 Å². The third kappa shape index (κ3) is 4.92. The maximum atomic E-state index is 13.2. The quantitative estimate of drug-likeness (QED) is 0.468. The minimum Gasteiger partial charge on any atom is -0.484 e. The molecule has 0 unspecified atom stereocenters. The van der Waals surface area contributed by atoms with Crippen LogP contribution in [0.25, 0.3) is 16.6 Å². The van der Waals surface area contributed by atoms with Crippen molar-refractivity contribution < 1.29 is 17.5 Å². The van der Waals surface area contributed by atoms with E-state index >= 15 is 0 Å². The summed E-state index contributed by atoms with van der Waals surface area (Å²) < 4.78 is 47.3. The van der Waals surface area contributed by atoms with Gasteiger partial charge in [0.2, 0.25) is 10.0 Å². The fourth-order valence-corrected chi connectivity index (χ4v) is 4.32. The molecular weight excluding hydrogens is 417 g/mol. The van der Waals surface area contributed by atoms with Gasteiger partial charge in [0.1, 0.15) is 17.7 Å². The second-order valence-electron chi connectivity index (χ2n) is 7.38. The number of halogens is 1. The molecule has 0 fully saturated rings. The van der Waals surface area contributed by atoms with Gasteiger partial charge in [-0.1, -0.05) is 30.3 Å². The maximum absolute atomic E-state index is 13.2. The molecule has 0 bridgehead atoms. The van der Waals surface area contributed by atoms with Crippen LogP contribution in [0.3, 0.4) is 0 Å². The van der Waals surface area contributed by atoms with Crippen LogP contribution in [-0.2, 0) is 10.0 Å². The fourth-order valence-electron chi connectivity index (χ4n) is 3.52. The van der Waals surface area contributed by atoms with E-state index in [-0.39, 0.29) is 5.82 Å². The minimum atomic E-state index is -3.40. The standard InChI is InChI=1S/C23H22FN3O3S/c1-16(26-31(2,28)29)23(17-6-4-3-5-7-17)30-21-12-13-22-18(14-21)15-25-27(22)20-10-8-19(24)9-11-20/h3-16,23,26H,1-2H3/t16-,23-/m0/s1. The number of rotatable bonds is 7. The van der Waals surface area contributed by atoms with Crippen molar-refractivity contribution in [2.45, 2.75) is 19.1 Å². The zero-order valence-corrected chi connectivity index (χ0v) is 17.9. The molecule has 8 heteroatoms. The molecule has 0 aliphatic carbocycles. The summed E-state index contributed by atoms with van der Waals surface area (Å²) in [4.78, 5) is 0. The molecule has 1 N–H and O–H groups in total. The van der Waals surface area contributed by atoms with E-state index < -0.39 is 22.2 Å². The van der Waals surface area contributed by atoms with E-state index in [0.717, 1.165) is 28.4 Å². The zero-order chi connectivity index (χ0) is 22.0. The van der Waals surface area contributed by atoms with Crippen LogP contribution in [0.2, 0.25) is 0 Å². The summed E-state index contributed by atoms with van der Waals surface area (Å²) in [5.41, 5.74) is 2.45. The van der Waals surface area contributed by atoms with Crippen LogP contribution < -0.4 is 9.46 Å². The number of hydrogen-bond donors (Lipinski definition) is 1. The first-order chi connectivity index (χ1) is 14.8. The zero-order valence-electron chi connectivity index (χ0n) is 17.1. The molecule has 31 heavy (non-hydrogen) atoms. The highest BCUT2D eigenvalue weighted by Gasteiger charge is 2.24. The van der Waals surface area contributed by atoms with E-state index in [1.54, 1.807) is 29.9 Å². The molecule has 0 spiro atoms. The lowest BCUT2D eigenvalue weighted by Gasteiger charge is -2.26. The van der Waals surface area contributed by atoms with Crippen molar-refractivity contribution in [2.24, 2.45) is 0 Å². The Morgan fingerprint density at radius 2 is 1.74 bits per heavy atom. The van der Waals surface area contributed by atoms with E-state index in [2.05, 4.69) is 9.82 Å². The third-order valence-electron chi connectivity index (χ3n) is 4.86. The monoisotopic (exact) mass is 439 g/mol. The Balaban J connectivity index is 1.65. The molecular formula is C23H22FN3O3S. The number of hydrogen-bond acceptors (Lipinski definition) is 4. The number of sulfonamides is 1. The van der Waals surface area contributed by atoms with Crippen LogP contribution in [0.1, 0.15) is 18.6 Å². The van der Waals surface area contributed by atoms with E-state index in [0.29, 0.717) is 5.75 Å². The number of aromatic nitrogens is 2. The van der Waals surface area contributed by atoms with Crippen LogP contribution in [0.4, 0.5) is 4.39 Å². The average molecular weight is 440 g/mol. The van der Waals surface area contributed by atoms with Crippen molar-refractivity contribution in [3.05, 3.63) is 90.4 Å². The summed E-state index contributed by atoms with van der Waals surface area (Å²) in [5.74, 6) is 0.279. The number of nitrogens with zero attached hydrogens (tertiary/aromatic N) is 2. The van der Waals surface area contributed by atoms with Crippen LogP contribution in [0.15, 0.2) is 79.0 Å². The van der Waals surface area contributed by atoms with Gasteiger partial charge in [-0.3, -0.25) is 0 Å². The van der Waals surface area contributed by atoms with Gasteiger partial charge in [0.15, 0.2) is 0 Å². The average Bonchev–Trinajstić information content (AvgIpc) is 3.15. The lowest BCUT2D eigenvalue weighted by molar-refractivity contribution is 0.173. The van der Waals surface area contributed by atoms with Crippen LogP contribution in [0.5, 0.6) is 5.75 Å². The molecule has 2 atom stereocenters. The molecule has 0 amide bonds. The fraction of sp³-hybridized carbons (Fsp3) is 0.174. The minimum absolute atomic E-state index is 0.306. The molecule has 4 rings (SSSR count). The smallest absolute Gasteiger partial charge is 0.209 e. The molecule has 160 valence electrons. The van der Waals surface area contributed by atoms with Crippen LogP contribution >= 0.6 is 0 Å². The van der Waals surface area contributed by atoms with Gasteiger partial charge in [0.05, 0.1) is 29.7 Å². The van der Waals surface area contributed by atoms with Crippen molar-refractivity contribution >= 4 is 20.9 Å². The number of benzene rings is 3. The summed E-state index contributed by atoms with van der Waals surface area (Å²) in [5, 5.41) is 5.25. The van der Waals surface area contributed by atoms with Crippen molar-refractivity contribution in [2.75, 3.05) is 6.26 Å². The van der Waals surface area contributed by atoms with Gasteiger partial charge in [0, 0.05) is 5.39 Å². The number of fused-ring (bicyclic) bond motifs is 1. The lowest BCUT2D eigenvalue weighted by Crippen LogP contribution is -2.38. The Hall–Kier alpha value is -3.23. The molecule has 4 aromatic rings. The normalized spacial score (nSPS) is 13.8. The Morgan fingerprint density at radius 1 is 1.03 bits per heavy atom. The van der Waals surface area contributed by atoms with Crippen molar-refractivity contribution in [1.29, 1.82) is 0 Å². The number of ether oxygens (including phenoxy) is 1. The molecule has 0 aliphatic heterocycles. The largest absolute Gasteiger partial charge is 0.484 e. The van der Waals surface area contributed by atoms with Gasteiger partial charge < -0.3 is 4.74 Å². The van der Waals surface area contributed by atoms with E-state index in [1.165, 1.54) is 12.1 Å². The molecule has 3 aromatic carbocycles. The Labute approximate surface area is 180 Å². The van der Waals surface area contributed by atoms with Crippen LogP contribution in [-0.4, -0.2) is 30.5 Å².